The third-order valence-electron chi connectivity index (χ3n) is 4.19. The number of nitro benzene ring substituents is 1. The molecule has 0 spiro atoms. The zero-order valence-corrected chi connectivity index (χ0v) is 16.6. The molecule has 0 saturated carbocycles. The highest BCUT2D eigenvalue weighted by Gasteiger charge is 2.15. The van der Waals surface area contributed by atoms with E-state index >= 15 is 0 Å². The van der Waals surface area contributed by atoms with Crippen molar-refractivity contribution in [1.29, 1.82) is 0 Å². The summed E-state index contributed by atoms with van der Waals surface area (Å²) in [6.45, 7) is 0.416. The standard InChI is InChI=1S/C20H17BrN4O3/c1-24(20(26)15-8-10-22-11-9-15)17-5-2-14(3-6-17)13-23-18-12-16(21)4-7-19(18)25(27)28/h2-12,23H,13H2,1H3. The lowest BCUT2D eigenvalue weighted by Crippen LogP contribution is -2.26. The van der Waals surface area contributed by atoms with E-state index in [0.29, 0.717) is 17.8 Å². The topological polar surface area (TPSA) is 88.4 Å². The Labute approximate surface area is 170 Å². The molecule has 0 fully saturated rings. The van der Waals surface area contributed by atoms with Crippen molar-refractivity contribution in [3.63, 3.8) is 0 Å². The Morgan fingerprint density at radius 3 is 2.46 bits per heavy atom. The van der Waals surface area contributed by atoms with Crippen LogP contribution in [0, 0.1) is 10.1 Å². The van der Waals surface area contributed by atoms with Crippen molar-refractivity contribution in [3.05, 3.63) is 92.7 Å². The number of carbonyl (C=O) groups excluding carboxylic acids is 1. The highest BCUT2D eigenvalue weighted by molar-refractivity contribution is 9.10. The molecule has 0 radical (unpaired) electrons. The van der Waals surface area contributed by atoms with E-state index in [0.717, 1.165) is 15.7 Å². The highest BCUT2D eigenvalue weighted by Crippen LogP contribution is 2.28. The number of nitrogens with one attached hydrogen (secondary N) is 1. The first kappa shape index (κ1) is 19.5. The minimum atomic E-state index is -0.419. The molecule has 8 heteroatoms. The van der Waals surface area contributed by atoms with Gasteiger partial charge >= 0.3 is 0 Å². The summed E-state index contributed by atoms with van der Waals surface area (Å²) < 4.78 is 0.757. The monoisotopic (exact) mass is 440 g/mol. The normalized spacial score (nSPS) is 10.4. The van der Waals surface area contributed by atoms with Crippen molar-refractivity contribution in [3.8, 4) is 0 Å². The summed E-state index contributed by atoms with van der Waals surface area (Å²) in [5.74, 6) is -0.127. The summed E-state index contributed by atoms with van der Waals surface area (Å²) in [5.41, 5.74) is 2.70. The number of pyridine rings is 1. The molecule has 3 aromatic rings. The fraction of sp³-hybridized carbons (Fsp3) is 0.100. The average Bonchev–Trinajstić information content (AvgIpc) is 2.72. The van der Waals surface area contributed by atoms with Crippen LogP contribution in [0.15, 0.2) is 71.5 Å². The van der Waals surface area contributed by atoms with Gasteiger partial charge in [-0.2, -0.15) is 0 Å². The number of rotatable bonds is 6. The van der Waals surface area contributed by atoms with Crippen LogP contribution in [0.1, 0.15) is 15.9 Å². The molecular formula is C20H17BrN4O3. The SMILES string of the molecule is CN(C(=O)c1ccncc1)c1ccc(CNc2cc(Br)ccc2[N+](=O)[O-])cc1. The Morgan fingerprint density at radius 2 is 1.82 bits per heavy atom. The van der Waals surface area contributed by atoms with Gasteiger partial charge in [-0.15, -0.1) is 0 Å². The first-order valence-corrected chi connectivity index (χ1v) is 9.20. The fourth-order valence-corrected chi connectivity index (χ4v) is 3.01. The zero-order valence-electron chi connectivity index (χ0n) is 15.0. The number of hydrogen-bond acceptors (Lipinski definition) is 5. The molecule has 142 valence electrons. The first-order valence-electron chi connectivity index (χ1n) is 8.40. The molecule has 7 nitrogen and oxygen atoms in total. The van der Waals surface area contributed by atoms with E-state index in [9.17, 15) is 14.9 Å². The number of nitro groups is 1. The summed E-state index contributed by atoms with van der Waals surface area (Å²) in [6, 6.07) is 15.5. The second-order valence-electron chi connectivity index (χ2n) is 6.04. The molecule has 0 aliphatic rings. The number of halogens is 1. The molecule has 1 amide bonds. The lowest BCUT2D eigenvalue weighted by Gasteiger charge is -2.18. The molecule has 0 unspecified atom stereocenters. The number of benzene rings is 2. The molecular weight excluding hydrogens is 424 g/mol. The third kappa shape index (κ3) is 4.52. The average molecular weight is 441 g/mol. The number of aromatic nitrogens is 1. The van der Waals surface area contributed by atoms with Crippen molar-refractivity contribution in [2.75, 3.05) is 17.3 Å². The van der Waals surface area contributed by atoms with Crippen LogP contribution < -0.4 is 10.2 Å². The van der Waals surface area contributed by atoms with E-state index in [4.69, 9.17) is 0 Å². The molecule has 1 heterocycles. The quantitative estimate of drug-likeness (QED) is 0.445. The van der Waals surface area contributed by atoms with E-state index in [2.05, 4.69) is 26.2 Å². The van der Waals surface area contributed by atoms with Gasteiger partial charge in [-0.05, 0) is 42.0 Å². The lowest BCUT2D eigenvalue weighted by molar-refractivity contribution is -0.384. The van der Waals surface area contributed by atoms with Crippen LogP contribution >= 0.6 is 15.9 Å². The van der Waals surface area contributed by atoms with Crippen LogP contribution in [0.4, 0.5) is 17.1 Å². The van der Waals surface area contributed by atoms with E-state index in [1.165, 1.54) is 6.07 Å². The van der Waals surface area contributed by atoms with Gasteiger partial charge in [0.05, 0.1) is 4.92 Å². The lowest BCUT2D eigenvalue weighted by atomic mass is 10.1. The fourth-order valence-electron chi connectivity index (χ4n) is 2.65. The van der Waals surface area contributed by atoms with Gasteiger partial charge in [0.25, 0.3) is 11.6 Å². The zero-order chi connectivity index (χ0) is 20.1. The van der Waals surface area contributed by atoms with Crippen molar-refractivity contribution in [2.24, 2.45) is 0 Å². The first-order chi connectivity index (χ1) is 13.5. The van der Waals surface area contributed by atoms with Gasteiger partial charge in [-0.3, -0.25) is 19.9 Å². The van der Waals surface area contributed by atoms with Crippen LogP contribution in [-0.2, 0) is 6.54 Å². The van der Waals surface area contributed by atoms with E-state index in [1.807, 2.05) is 24.3 Å². The van der Waals surface area contributed by atoms with Crippen LogP contribution in [0.5, 0.6) is 0 Å². The minimum absolute atomic E-state index is 0.0162. The van der Waals surface area contributed by atoms with Crippen molar-refractivity contribution < 1.29 is 9.72 Å². The summed E-state index contributed by atoms with van der Waals surface area (Å²) in [4.78, 5) is 28.7. The van der Waals surface area contributed by atoms with Crippen LogP contribution in [-0.4, -0.2) is 22.9 Å². The molecule has 0 atom stereocenters. The largest absolute Gasteiger partial charge is 0.375 e. The minimum Gasteiger partial charge on any atom is -0.375 e. The second-order valence-corrected chi connectivity index (χ2v) is 6.95. The molecule has 0 saturated heterocycles. The maximum atomic E-state index is 12.5. The third-order valence-corrected chi connectivity index (χ3v) is 4.69. The van der Waals surface area contributed by atoms with Crippen LogP contribution in [0.25, 0.3) is 0 Å². The van der Waals surface area contributed by atoms with Gasteiger partial charge < -0.3 is 10.2 Å². The number of anilines is 2. The van der Waals surface area contributed by atoms with Gasteiger partial charge in [0.1, 0.15) is 5.69 Å². The molecule has 1 aromatic heterocycles. The maximum Gasteiger partial charge on any atom is 0.292 e. The molecule has 1 N–H and O–H groups in total. The molecule has 0 aliphatic carbocycles. The van der Waals surface area contributed by atoms with Gasteiger partial charge in [0.15, 0.2) is 0 Å². The summed E-state index contributed by atoms with van der Waals surface area (Å²) in [5, 5.41) is 14.2. The van der Waals surface area contributed by atoms with Gasteiger partial charge in [-0.1, -0.05) is 28.1 Å². The van der Waals surface area contributed by atoms with E-state index in [1.54, 1.807) is 48.6 Å². The molecule has 0 bridgehead atoms. The number of amides is 1. The number of carbonyl (C=O) groups is 1. The van der Waals surface area contributed by atoms with Crippen molar-refractivity contribution in [2.45, 2.75) is 6.54 Å². The Kier molecular flexibility index (Phi) is 6.00. The summed E-state index contributed by atoms with van der Waals surface area (Å²) in [6.07, 6.45) is 3.16. The van der Waals surface area contributed by atoms with Gasteiger partial charge in [-0.25, -0.2) is 0 Å². The van der Waals surface area contributed by atoms with Crippen molar-refractivity contribution in [1.82, 2.24) is 4.98 Å². The predicted octanol–water partition coefficient (Wildman–Crippen LogP) is 4.64. The number of nitrogens with zero attached hydrogens (tertiary/aromatic N) is 3. The van der Waals surface area contributed by atoms with E-state index < -0.39 is 4.92 Å². The Bertz CT molecular complexity index is 994. The summed E-state index contributed by atoms with van der Waals surface area (Å²) in [7, 11) is 1.71. The maximum absolute atomic E-state index is 12.5. The molecule has 2 aromatic carbocycles. The van der Waals surface area contributed by atoms with Gasteiger partial charge in [0, 0.05) is 47.8 Å². The van der Waals surface area contributed by atoms with Crippen LogP contribution in [0.3, 0.4) is 0 Å². The Morgan fingerprint density at radius 1 is 1.14 bits per heavy atom. The molecule has 0 aliphatic heterocycles. The van der Waals surface area contributed by atoms with Gasteiger partial charge in [0.2, 0.25) is 0 Å². The smallest absolute Gasteiger partial charge is 0.292 e. The Balaban J connectivity index is 1.69. The second kappa shape index (κ2) is 8.62. The van der Waals surface area contributed by atoms with Crippen molar-refractivity contribution >= 4 is 38.9 Å². The van der Waals surface area contributed by atoms with Crippen LogP contribution in [0.2, 0.25) is 0 Å². The predicted molar refractivity (Wildman–Crippen MR) is 112 cm³/mol. The molecule has 3 rings (SSSR count). The number of hydrogen-bond donors (Lipinski definition) is 1. The Hall–Kier alpha value is -3.26. The highest BCUT2D eigenvalue weighted by atomic mass is 79.9. The molecule has 28 heavy (non-hydrogen) atoms. The van der Waals surface area contributed by atoms with E-state index in [-0.39, 0.29) is 11.6 Å². The summed E-state index contributed by atoms with van der Waals surface area (Å²) >= 11 is 3.33.